The van der Waals surface area contributed by atoms with Gasteiger partial charge in [-0.05, 0) is 52.8 Å². The van der Waals surface area contributed by atoms with Crippen LogP contribution in [0.5, 0.6) is 0 Å². The highest BCUT2D eigenvalue weighted by Gasteiger charge is 2.20. The summed E-state index contributed by atoms with van der Waals surface area (Å²) in [4.78, 5) is 0. The van der Waals surface area contributed by atoms with Crippen LogP contribution in [0.4, 0.5) is 0 Å². The Balaban J connectivity index is 2.46. The van der Waals surface area contributed by atoms with Crippen LogP contribution in [0.3, 0.4) is 0 Å². The Morgan fingerprint density at radius 3 is 2.95 bits per heavy atom. The Labute approximate surface area is 139 Å². The smallest absolute Gasteiger partial charge is 0.0837 e. The number of aryl methyl sites for hydroxylation is 1. The van der Waals surface area contributed by atoms with Gasteiger partial charge in [-0.3, -0.25) is 4.68 Å². The van der Waals surface area contributed by atoms with Crippen molar-refractivity contribution >= 4 is 50.1 Å². The molecule has 0 saturated carbocycles. The molecule has 19 heavy (non-hydrogen) atoms. The minimum absolute atomic E-state index is 0.286. The van der Waals surface area contributed by atoms with E-state index in [1.54, 1.807) is 6.20 Å². The zero-order valence-electron chi connectivity index (χ0n) is 10.4. The third kappa shape index (κ3) is 3.32. The van der Waals surface area contributed by atoms with Gasteiger partial charge in [-0.25, -0.2) is 0 Å². The largest absolute Gasteiger partial charge is 0.319 e. The van der Waals surface area contributed by atoms with Crippen LogP contribution in [0.25, 0.3) is 0 Å². The molecule has 0 saturated heterocycles. The van der Waals surface area contributed by atoms with E-state index in [1.807, 2.05) is 16.8 Å². The summed E-state index contributed by atoms with van der Waals surface area (Å²) in [5.41, 5.74) is 8.27. The van der Waals surface area contributed by atoms with Crippen molar-refractivity contribution in [3.05, 3.63) is 48.7 Å². The maximum absolute atomic E-state index is 6.38. The fourth-order valence-electron chi connectivity index (χ4n) is 1.97. The zero-order chi connectivity index (χ0) is 14.0. The topological polar surface area (TPSA) is 43.8 Å². The summed E-state index contributed by atoms with van der Waals surface area (Å²) in [6.45, 7) is 2.92. The standard InChI is InChI=1S/C13H14BrClIN3/c1-2-5-19-13(11(15)7-18-19)12(17)9-6-8(16)3-4-10(9)14/h3-4,6-7,12H,2,5,17H2,1H3. The van der Waals surface area contributed by atoms with E-state index in [1.165, 1.54) is 0 Å². The highest BCUT2D eigenvalue weighted by atomic mass is 127. The molecule has 102 valence electrons. The SMILES string of the molecule is CCCn1ncc(Cl)c1C(N)c1cc(I)ccc1Br. The number of hydrogen-bond acceptors (Lipinski definition) is 2. The molecule has 1 atom stereocenters. The summed E-state index contributed by atoms with van der Waals surface area (Å²) >= 11 is 12.1. The normalized spacial score (nSPS) is 12.7. The molecule has 6 heteroatoms. The van der Waals surface area contributed by atoms with Gasteiger partial charge in [-0.15, -0.1) is 0 Å². The van der Waals surface area contributed by atoms with Crippen molar-refractivity contribution < 1.29 is 0 Å². The van der Waals surface area contributed by atoms with Crippen LogP contribution < -0.4 is 5.73 Å². The van der Waals surface area contributed by atoms with Gasteiger partial charge in [0.25, 0.3) is 0 Å². The summed E-state index contributed by atoms with van der Waals surface area (Å²) < 4.78 is 4.02. The molecule has 2 N–H and O–H groups in total. The second kappa shape index (κ2) is 6.56. The van der Waals surface area contributed by atoms with Crippen LogP contribution in [0, 0.1) is 3.57 Å². The van der Waals surface area contributed by atoms with Gasteiger partial charge in [-0.1, -0.05) is 34.5 Å². The minimum atomic E-state index is -0.286. The molecule has 0 bridgehead atoms. The average Bonchev–Trinajstić information content (AvgIpc) is 2.73. The van der Waals surface area contributed by atoms with Gasteiger partial charge in [-0.2, -0.15) is 5.10 Å². The van der Waals surface area contributed by atoms with Gasteiger partial charge in [0.2, 0.25) is 0 Å². The molecule has 2 rings (SSSR count). The highest BCUT2D eigenvalue weighted by molar-refractivity contribution is 14.1. The van der Waals surface area contributed by atoms with E-state index in [-0.39, 0.29) is 6.04 Å². The van der Waals surface area contributed by atoms with Crippen molar-refractivity contribution in [2.24, 2.45) is 5.73 Å². The van der Waals surface area contributed by atoms with Crippen LogP contribution >= 0.6 is 50.1 Å². The van der Waals surface area contributed by atoms with Crippen molar-refractivity contribution in [3.63, 3.8) is 0 Å². The minimum Gasteiger partial charge on any atom is -0.319 e. The van der Waals surface area contributed by atoms with E-state index in [0.717, 1.165) is 32.3 Å². The van der Waals surface area contributed by atoms with E-state index in [9.17, 15) is 0 Å². The number of hydrogen-bond donors (Lipinski definition) is 1. The molecule has 0 radical (unpaired) electrons. The molecule has 0 fully saturated rings. The van der Waals surface area contributed by atoms with E-state index in [2.05, 4.69) is 56.6 Å². The lowest BCUT2D eigenvalue weighted by atomic mass is 10.0. The molecule has 0 aliphatic heterocycles. The molecule has 3 nitrogen and oxygen atoms in total. The Morgan fingerprint density at radius 1 is 1.53 bits per heavy atom. The number of rotatable bonds is 4. The van der Waals surface area contributed by atoms with Crippen LogP contribution in [-0.2, 0) is 6.54 Å². The third-order valence-electron chi connectivity index (χ3n) is 2.86. The summed E-state index contributed by atoms with van der Waals surface area (Å²) in [5.74, 6) is 0. The first kappa shape index (κ1) is 15.3. The molecule has 0 amide bonds. The van der Waals surface area contributed by atoms with E-state index >= 15 is 0 Å². The van der Waals surface area contributed by atoms with Crippen molar-refractivity contribution in [1.82, 2.24) is 9.78 Å². The first-order valence-electron chi connectivity index (χ1n) is 5.96. The molecule has 1 heterocycles. The Morgan fingerprint density at radius 2 is 2.26 bits per heavy atom. The molecule has 1 aromatic heterocycles. The average molecular weight is 455 g/mol. The van der Waals surface area contributed by atoms with Gasteiger partial charge >= 0.3 is 0 Å². The molecule has 1 aromatic carbocycles. The molecule has 0 aliphatic rings. The van der Waals surface area contributed by atoms with Gasteiger partial charge < -0.3 is 5.73 Å². The number of halogens is 3. The predicted octanol–water partition coefficient (Wildman–Crippen LogP) is 4.36. The van der Waals surface area contributed by atoms with E-state index in [4.69, 9.17) is 17.3 Å². The zero-order valence-corrected chi connectivity index (χ0v) is 14.9. The number of benzene rings is 1. The Kier molecular flexibility index (Phi) is 5.28. The second-order valence-corrected chi connectivity index (χ2v) is 6.75. The molecule has 0 aliphatic carbocycles. The van der Waals surface area contributed by atoms with Crippen LogP contribution in [0.15, 0.2) is 28.9 Å². The monoisotopic (exact) mass is 453 g/mol. The van der Waals surface area contributed by atoms with Gasteiger partial charge in [0.15, 0.2) is 0 Å². The van der Waals surface area contributed by atoms with Gasteiger partial charge in [0.05, 0.1) is 23.0 Å². The highest BCUT2D eigenvalue weighted by Crippen LogP contribution is 2.31. The number of aromatic nitrogens is 2. The third-order valence-corrected chi connectivity index (χ3v) is 4.54. The summed E-state index contributed by atoms with van der Waals surface area (Å²) in [6, 6.07) is 5.82. The quantitative estimate of drug-likeness (QED) is 0.698. The van der Waals surface area contributed by atoms with Crippen molar-refractivity contribution in [3.8, 4) is 0 Å². The molecular formula is C13H14BrClIN3. The molecule has 0 spiro atoms. The maximum atomic E-state index is 6.38. The van der Waals surface area contributed by atoms with Crippen molar-refractivity contribution in [2.75, 3.05) is 0 Å². The fraction of sp³-hybridized carbons (Fsp3) is 0.308. The summed E-state index contributed by atoms with van der Waals surface area (Å²) in [6.07, 6.45) is 2.65. The maximum Gasteiger partial charge on any atom is 0.0837 e. The number of nitrogens with two attached hydrogens (primary N) is 1. The Hall–Kier alpha value is -0.110. The second-order valence-electron chi connectivity index (χ2n) is 4.24. The lowest BCUT2D eigenvalue weighted by Crippen LogP contribution is -2.18. The molecule has 2 aromatic rings. The van der Waals surface area contributed by atoms with Crippen LogP contribution in [-0.4, -0.2) is 9.78 Å². The van der Waals surface area contributed by atoms with Gasteiger partial charge in [0, 0.05) is 14.6 Å². The van der Waals surface area contributed by atoms with Crippen molar-refractivity contribution in [1.29, 1.82) is 0 Å². The summed E-state index contributed by atoms with van der Waals surface area (Å²) in [5, 5.41) is 4.91. The predicted molar refractivity (Wildman–Crippen MR) is 90.4 cm³/mol. The molecule has 1 unspecified atom stereocenters. The van der Waals surface area contributed by atoms with Crippen molar-refractivity contribution in [2.45, 2.75) is 25.9 Å². The lowest BCUT2D eigenvalue weighted by molar-refractivity contribution is 0.559. The van der Waals surface area contributed by atoms with E-state index < -0.39 is 0 Å². The number of nitrogens with zero attached hydrogens (tertiary/aromatic N) is 2. The Bertz CT molecular complexity index is 585. The van der Waals surface area contributed by atoms with Crippen LogP contribution in [0.2, 0.25) is 5.02 Å². The first-order chi connectivity index (χ1) is 9.04. The van der Waals surface area contributed by atoms with E-state index in [0.29, 0.717) is 5.02 Å². The fourth-order valence-corrected chi connectivity index (χ4v) is 3.24. The van der Waals surface area contributed by atoms with Gasteiger partial charge in [0.1, 0.15) is 0 Å². The summed E-state index contributed by atoms with van der Waals surface area (Å²) in [7, 11) is 0. The van der Waals surface area contributed by atoms with Crippen LogP contribution in [0.1, 0.15) is 30.6 Å². The molecular weight excluding hydrogens is 440 g/mol. The lowest BCUT2D eigenvalue weighted by Gasteiger charge is -2.17. The first-order valence-corrected chi connectivity index (χ1v) is 8.21.